The Kier molecular flexibility index (Phi) is 4.53. The molecule has 1 saturated heterocycles. The number of hydrogen-bond donors (Lipinski definition) is 1. The number of nitrogens with zero attached hydrogens (tertiary/aromatic N) is 2. The van der Waals surface area contributed by atoms with Gasteiger partial charge in [-0.2, -0.15) is 0 Å². The third kappa shape index (κ3) is 2.62. The Labute approximate surface area is 121 Å². The molecule has 1 aromatic heterocycles. The van der Waals surface area contributed by atoms with Crippen LogP contribution in [0.2, 0.25) is 0 Å². The maximum Gasteiger partial charge on any atom is 0.255 e. The first-order valence-electron chi connectivity index (χ1n) is 7.70. The number of piperidine rings is 1. The Morgan fingerprint density at radius 3 is 2.70 bits per heavy atom. The first-order valence-corrected chi connectivity index (χ1v) is 7.70. The third-order valence-electron chi connectivity index (χ3n) is 4.54. The van der Waals surface area contributed by atoms with Crippen molar-refractivity contribution in [1.29, 1.82) is 0 Å². The van der Waals surface area contributed by atoms with Gasteiger partial charge in [0.15, 0.2) is 0 Å². The third-order valence-corrected chi connectivity index (χ3v) is 4.54. The number of hydrogen-bond acceptors (Lipinski definition) is 2. The molecule has 4 heteroatoms. The molecule has 0 aliphatic carbocycles. The minimum atomic E-state index is 0.0360. The second kappa shape index (κ2) is 6.00. The van der Waals surface area contributed by atoms with E-state index >= 15 is 0 Å². The molecule has 0 radical (unpaired) electrons. The predicted octanol–water partition coefficient (Wildman–Crippen LogP) is 2.47. The normalized spacial score (nSPS) is 21.1. The number of likely N-dealkylation sites (tertiary alicyclic amines) is 1. The van der Waals surface area contributed by atoms with Crippen molar-refractivity contribution in [2.24, 2.45) is 5.73 Å². The molecule has 2 atom stereocenters. The summed E-state index contributed by atoms with van der Waals surface area (Å²) in [6.45, 7) is 9.95. The van der Waals surface area contributed by atoms with Crippen molar-refractivity contribution < 1.29 is 4.79 Å². The summed E-state index contributed by atoms with van der Waals surface area (Å²) in [5, 5.41) is 0. The Morgan fingerprint density at radius 2 is 2.15 bits per heavy atom. The Hall–Kier alpha value is -1.29. The zero-order chi connectivity index (χ0) is 14.9. The van der Waals surface area contributed by atoms with Crippen LogP contribution in [0, 0.1) is 13.8 Å². The zero-order valence-corrected chi connectivity index (χ0v) is 13.1. The summed E-state index contributed by atoms with van der Waals surface area (Å²) >= 11 is 0. The fraction of sp³-hybridized carbons (Fsp3) is 0.688. The van der Waals surface area contributed by atoms with Crippen LogP contribution < -0.4 is 5.73 Å². The Bertz CT molecular complexity index is 490. The van der Waals surface area contributed by atoms with E-state index in [1.807, 2.05) is 24.8 Å². The number of rotatable bonds is 3. The van der Waals surface area contributed by atoms with Gasteiger partial charge < -0.3 is 15.2 Å². The molecule has 1 aliphatic heterocycles. The lowest BCUT2D eigenvalue weighted by Gasteiger charge is -2.38. The van der Waals surface area contributed by atoms with Crippen molar-refractivity contribution in [3.8, 4) is 0 Å². The summed E-state index contributed by atoms with van der Waals surface area (Å²) in [4.78, 5) is 14.9. The summed E-state index contributed by atoms with van der Waals surface area (Å²) in [6.07, 6.45) is 3.28. The number of nitrogens with two attached hydrogens (primary N) is 1. The topological polar surface area (TPSA) is 51.3 Å². The van der Waals surface area contributed by atoms with Crippen LogP contribution in [0.25, 0.3) is 0 Å². The SMILES string of the molecule is CCn1c(C)cc(C(=O)N2CCCC[C@@H]2[C@@H](C)N)c1C. The van der Waals surface area contributed by atoms with Crippen LogP contribution in [0.15, 0.2) is 6.07 Å². The average molecular weight is 277 g/mol. The molecule has 0 saturated carbocycles. The molecular weight excluding hydrogens is 250 g/mol. The van der Waals surface area contributed by atoms with Crippen molar-refractivity contribution in [3.05, 3.63) is 23.0 Å². The van der Waals surface area contributed by atoms with Crippen molar-refractivity contribution in [2.75, 3.05) is 6.54 Å². The highest BCUT2D eigenvalue weighted by molar-refractivity contribution is 5.96. The quantitative estimate of drug-likeness (QED) is 0.922. The molecule has 0 aromatic carbocycles. The van der Waals surface area contributed by atoms with Crippen LogP contribution in [0.5, 0.6) is 0 Å². The van der Waals surface area contributed by atoms with Gasteiger partial charge in [-0.3, -0.25) is 4.79 Å². The van der Waals surface area contributed by atoms with E-state index in [9.17, 15) is 4.79 Å². The van der Waals surface area contributed by atoms with Gasteiger partial charge in [-0.1, -0.05) is 0 Å². The first kappa shape index (κ1) is 15.1. The molecule has 0 spiro atoms. The Morgan fingerprint density at radius 1 is 1.45 bits per heavy atom. The summed E-state index contributed by atoms with van der Waals surface area (Å²) in [6, 6.07) is 2.24. The minimum absolute atomic E-state index is 0.0360. The van der Waals surface area contributed by atoms with Gasteiger partial charge in [0.25, 0.3) is 5.91 Å². The summed E-state index contributed by atoms with van der Waals surface area (Å²) < 4.78 is 2.19. The molecule has 1 amide bonds. The first-order chi connectivity index (χ1) is 9.47. The smallest absolute Gasteiger partial charge is 0.255 e. The molecule has 4 nitrogen and oxygen atoms in total. The van der Waals surface area contributed by atoms with Gasteiger partial charge in [-0.05, 0) is 53.0 Å². The molecule has 112 valence electrons. The van der Waals surface area contributed by atoms with Gasteiger partial charge in [-0.25, -0.2) is 0 Å². The molecule has 1 aliphatic rings. The zero-order valence-electron chi connectivity index (χ0n) is 13.1. The molecule has 20 heavy (non-hydrogen) atoms. The molecule has 2 rings (SSSR count). The van der Waals surface area contributed by atoms with E-state index in [0.717, 1.165) is 42.9 Å². The van der Waals surface area contributed by atoms with E-state index in [0.29, 0.717) is 0 Å². The fourth-order valence-electron chi connectivity index (χ4n) is 3.42. The van der Waals surface area contributed by atoms with E-state index in [2.05, 4.69) is 18.4 Å². The summed E-state index contributed by atoms with van der Waals surface area (Å²) in [5.41, 5.74) is 9.15. The lowest BCUT2D eigenvalue weighted by molar-refractivity contribution is 0.0583. The number of aromatic nitrogens is 1. The maximum absolute atomic E-state index is 12.9. The van der Waals surface area contributed by atoms with Gasteiger partial charge >= 0.3 is 0 Å². The number of carbonyl (C=O) groups excluding carboxylic acids is 1. The lowest BCUT2D eigenvalue weighted by Crippen LogP contribution is -2.51. The number of amides is 1. The van der Waals surface area contributed by atoms with Crippen molar-refractivity contribution in [2.45, 2.75) is 65.6 Å². The van der Waals surface area contributed by atoms with Crippen LogP contribution in [0.3, 0.4) is 0 Å². The molecule has 1 aromatic rings. The highest BCUT2D eigenvalue weighted by Gasteiger charge is 2.31. The van der Waals surface area contributed by atoms with Gasteiger partial charge in [0.05, 0.1) is 5.56 Å². The van der Waals surface area contributed by atoms with Crippen LogP contribution in [-0.4, -0.2) is 34.0 Å². The second-order valence-electron chi connectivity index (χ2n) is 5.95. The van der Waals surface area contributed by atoms with Crippen LogP contribution in [0.1, 0.15) is 54.9 Å². The van der Waals surface area contributed by atoms with Gasteiger partial charge in [0.1, 0.15) is 0 Å². The highest BCUT2D eigenvalue weighted by atomic mass is 16.2. The summed E-state index contributed by atoms with van der Waals surface area (Å²) in [5.74, 6) is 0.153. The van der Waals surface area contributed by atoms with Crippen molar-refractivity contribution >= 4 is 5.91 Å². The van der Waals surface area contributed by atoms with Crippen LogP contribution >= 0.6 is 0 Å². The van der Waals surface area contributed by atoms with E-state index in [1.54, 1.807) is 0 Å². The van der Waals surface area contributed by atoms with E-state index < -0.39 is 0 Å². The van der Waals surface area contributed by atoms with E-state index in [4.69, 9.17) is 5.73 Å². The lowest BCUT2D eigenvalue weighted by atomic mass is 9.96. The predicted molar refractivity (Wildman–Crippen MR) is 81.9 cm³/mol. The Balaban J connectivity index is 2.30. The largest absolute Gasteiger partial charge is 0.349 e. The minimum Gasteiger partial charge on any atom is -0.349 e. The van der Waals surface area contributed by atoms with E-state index in [-0.39, 0.29) is 18.0 Å². The standard InChI is InChI=1S/C16H27N3O/c1-5-18-11(2)10-14(13(18)4)16(20)19-9-7-6-8-15(19)12(3)17/h10,12,15H,5-9,17H2,1-4H3/t12-,15-/m1/s1. The number of aryl methyl sites for hydroxylation is 1. The van der Waals surface area contributed by atoms with Gasteiger partial charge in [0, 0.05) is 36.6 Å². The molecule has 0 unspecified atom stereocenters. The molecule has 2 N–H and O–H groups in total. The fourth-order valence-corrected chi connectivity index (χ4v) is 3.42. The highest BCUT2D eigenvalue weighted by Crippen LogP contribution is 2.24. The van der Waals surface area contributed by atoms with Gasteiger partial charge in [0.2, 0.25) is 0 Å². The van der Waals surface area contributed by atoms with E-state index in [1.165, 1.54) is 6.42 Å². The monoisotopic (exact) mass is 277 g/mol. The number of carbonyl (C=O) groups is 1. The molecule has 0 bridgehead atoms. The summed E-state index contributed by atoms with van der Waals surface area (Å²) in [7, 11) is 0. The average Bonchev–Trinajstić information content (AvgIpc) is 2.72. The van der Waals surface area contributed by atoms with Crippen LogP contribution in [0.4, 0.5) is 0 Å². The van der Waals surface area contributed by atoms with Crippen molar-refractivity contribution in [3.63, 3.8) is 0 Å². The molecule has 2 heterocycles. The second-order valence-corrected chi connectivity index (χ2v) is 5.95. The van der Waals surface area contributed by atoms with Crippen molar-refractivity contribution in [1.82, 2.24) is 9.47 Å². The van der Waals surface area contributed by atoms with Gasteiger partial charge in [-0.15, -0.1) is 0 Å². The molecule has 1 fully saturated rings. The molecular formula is C16H27N3O. The maximum atomic E-state index is 12.9. The van der Waals surface area contributed by atoms with Crippen LogP contribution in [-0.2, 0) is 6.54 Å².